The number of aromatic nitrogens is 3. The monoisotopic (exact) mass is 717 g/mol. The molecule has 0 unspecified atom stereocenters. The molecule has 51 heavy (non-hydrogen) atoms. The molecular formula is C39H46ClF2N7O2. The van der Waals surface area contributed by atoms with Crippen molar-refractivity contribution in [1.29, 1.82) is 0 Å². The molecule has 12 heteroatoms. The van der Waals surface area contributed by atoms with Crippen LogP contribution in [0.1, 0.15) is 58.8 Å². The molecule has 0 spiro atoms. The number of halogens is 3. The lowest BCUT2D eigenvalue weighted by atomic mass is 9.95. The van der Waals surface area contributed by atoms with Gasteiger partial charge in [0.15, 0.2) is 5.82 Å². The summed E-state index contributed by atoms with van der Waals surface area (Å²) in [5.74, 6) is 0.0647. The first-order chi connectivity index (χ1) is 24.6. The van der Waals surface area contributed by atoms with Crippen LogP contribution in [-0.2, 0) is 4.79 Å². The number of likely N-dealkylation sites (N-methyl/N-ethyl adjacent to an activating group) is 1. The van der Waals surface area contributed by atoms with E-state index in [0.717, 1.165) is 50.6 Å². The topological polar surface area (TPSA) is 77.9 Å². The van der Waals surface area contributed by atoms with E-state index in [9.17, 15) is 9.18 Å². The Kier molecular flexibility index (Phi) is 9.25. The van der Waals surface area contributed by atoms with Gasteiger partial charge in [-0.05, 0) is 63.9 Å². The highest BCUT2D eigenvalue weighted by Crippen LogP contribution is 2.41. The molecule has 6 heterocycles. The summed E-state index contributed by atoms with van der Waals surface area (Å²) >= 11 is 6.64. The normalized spacial score (nSPS) is 25.2. The third-order valence-electron chi connectivity index (χ3n) is 11.9. The lowest BCUT2D eigenvalue weighted by Gasteiger charge is -2.44. The second-order valence-corrected chi connectivity index (χ2v) is 15.6. The molecule has 2 aromatic heterocycles. The van der Waals surface area contributed by atoms with Crippen molar-refractivity contribution in [2.45, 2.75) is 88.6 Å². The molecule has 4 saturated heterocycles. The molecular weight excluding hydrogens is 672 g/mol. The zero-order chi connectivity index (χ0) is 35.4. The Morgan fingerprint density at radius 3 is 2.73 bits per heavy atom. The van der Waals surface area contributed by atoms with Crippen LogP contribution in [0.4, 0.5) is 14.6 Å². The molecule has 0 N–H and O–H groups in total. The fourth-order valence-electron chi connectivity index (χ4n) is 9.04. The first kappa shape index (κ1) is 34.4. The Labute approximate surface area is 302 Å². The second kappa shape index (κ2) is 13.7. The van der Waals surface area contributed by atoms with Crippen LogP contribution in [0.25, 0.3) is 32.9 Å². The fraction of sp³-hybridized carbons (Fsp3) is 0.538. The van der Waals surface area contributed by atoms with E-state index in [1.54, 1.807) is 12.3 Å². The number of carbonyl (C=O) groups excluding carboxylic acids is 1. The van der Waals surface area contributed by atoms with Gasteiger partial charge in [-0.2, -0.15) is 9.97 Å². The van der Waals surface area contributed by atoms with Crippen LogP contribution in [-0.4, -0.2) is 112 Å². The van der Waals surface area contributed by atoms with Crippen molar-refractivity contribution in [3.8, 4) is 17.3 Å². The third kappa shape index (κ3) is 6.29. The molecule has 270 valence electrons. The number of anilines is 1. The maximum atomic E-state index is 16.9. The first-order valence-electron chi connectivity index (χ1n) is 18.4. The van der Waals surface area contributed by atoms with Crippen LogP contribution in [0.3, 0.4) is 0 Å². The van der Waals surface area contributed by atoms with Gasteiger partial charge in [0.05, 0.1) is 10.9 Å². The summed E-state index contributed by atoms with van der Waals surface area (Å²) in [6.07, 6.45) is 6.25. The van der Waals surface area contributed by atoms with Crippen LogP contribution in [0.15, 0.2) is 42.6 Å². The van der Waals surface area contributed by atoms with Gasteiger partial charge in [-0.25, -0.2) is 8.78 Å². The third-order valence-corrected chi connectivity index (χ3v) is 12.2. The Hall–Kier alpha value is -3.67. The maximum Gasteiger partial charge on any atom is 0.319 e. The van der Waals surface area contributed by atoms with Gasteiger partial charge in [0.2, 0.25) is 5.91 Å². The van der Waals surface area contributed by atoms with Crippen molar-refractivity contribution in [2.24, 2.45) is 0 Å². The van der Waals surface area contributed by atoms with Crippen molar-refractivity contribution in [2.75, 3.05) is 51.3 Å². The largest absolute Gasteiger partial charge is 0.461 e. The number of benzene rings is 2. The van der Waals surface area contributed by atoms with Gasteiger partial charge in [0.25, 0.3) is 0 Å². The molecule has 9 nitrogen and oxygen atoms in total. The molecule has 0 bridgehead atoms. The van der Waals surface area contributed by atoms with Gasteiger partial charge in [0.1, 0.15) is 29.8 Å². The van der Waals surface area contributed by atoms with E-state index >= 15 is 4.39 Å². The Balaban J connectivity index is 1.10. The summed E-state index contributed by atoms with van der Waals surface area (Å²) in [6.45, 7) is 8.19. The number of pyridine rings is 1. The van der Waals surface area contributed by atoms with Crippen LogP contribution in [0.5, 0.6) is 6.01 Å². The number of fused-ring (bicyclic) bond motifs is 3. The summed E-state index contributed by atoms with van der Waals surface area (Å²) in [4.78, 5) is 36.1. The number of amides is 1. The fourth-order valence-corrected chi connectivity index (χ4v) is 9.32. The smallest absolute Gasteiger partial charge is 0.319 e. The minimum Gasteiger partial charge on any atom is -0.461 e. The summed E-state index contributed by atoms with van der Waals surface area (Å²) in [6, 6.07) is 12.2. The molecule has 4 aliphatic rings. The van der Waals surface area contributed by atoms with Crippen LogP contribution in [0.2, 0.25) is 5.02 Å². The number of carbonyl (C=O) groups is 1. The van der Waals surface area contributed by atoms with Gasteiger partial charge >= 0.3 is 6.01 Å². The zero-order valence-corrected chi connectivity index (χ0v) is 30.4. The summed E-state index contributed by atoms with van der Waals surface area (Å²) in [5, 5.41) is 2.54. The highest BCUT2D eigenvalue weighted by Gasteiger charge is 2.49. The van der Waals surface area contributed by atoms with Gasteiger partial charge in [-0.15, -0.1) is 0 Å². The van der Waals surface area contributed by atoms with Gasteiger partial charge in [0, 0.05) is 86.4 Å². The summed E-state index contributed by atoms with van der Waals surface area (Å²) < 4.78 is 37.8. The van der Waals surface area contributed by atoms with E-state index in [4.69, 9.17) is 21.3 Å². The number of ether oxygens (including phenoxy) is 1. The van der Waals surface area contributed by atoms with Crippen molar-refractivity contribution < 1.29 is 18.3 Å². The lowest BCUT2D eigenvalue weighted by molar-refractivity contribution is -0.130. The minimum absolute atomic E-state index is 0.0404. The van der Waals surface area contributed by atoms with Crippen molar-refractivity contribution in [3.63, 3.8) is 0 Å². The van der Waals surface area contributed by atoms with Crippen LogP contribution < -0.4 is 9.64 Å². The second-order valence-electron chi connectivity index (χ2n) is 15.2. The first-order valence-corrected chi connectivity index (χ1v) is 18.8. The number of hydrogen-bond acceptors (Lipinski definition) is 8. The molecule has 0 saturated carbocycles. The van der Waals surface area contributed by atoms with Crippen molar-refractivity contribution in [1.82, 2.24) is 29.7 Å². The number of alkyl halides is 1. The average molecular weight is 718 g/mol. The number of rotatable bonds is 10. The van der Waals surface area contributed by atoms with Gasteiger partial charge < -0.3 is 14.5 Å². The Bertz CT molecular complexity index is 1960. The molecule has 1 amide bonds. The highest BCUT2D eigenvalue weighted by molar-refractivity contribution is 6.36. The molecule has 0 aliphatic carbocycles. The molecule has 8 rings (SSSR count). The van der Waals surface area contributed by atoms with E-state index in [1.807, 2.05) is 47.2 Å². The lowest BCUT2D eigenvalue weighted by Crippen LogP contribution is -2.51. The van der Waals surface area contributed by atoms with E-state index in [2.05, 4.69) is 33.6 Å². The van der Waals surface area contributed by atoms with E-state index in [1.165, 1.54) is 0 Å². The Morgan fingerprint density at radius 1 is 1.12 bits per heavy atom. The summed E-state index contributed by atoms with van der Waals surface area (Å²) in [5.41, 5.74) is 0.379. The SMILES string of the molecule is CC(C)N1CC[C@@H]1CCC(=O)N1CC[C@@H](N(C)c2nc(OC[C@@]34CCCN3C[C@H](F)C4)nc3c(F)c(-c4cccc5cccc(Cl)c45)ncc23)C1. The maximum absolute atomic E-state index is 16.9. The standard InChI is InChI=1S/C39H46ClF2N7O2/c1-24(2)49-18-14-27(49)11-12-32(50)47-17-13-28(22-47)46(3)37-30-20-43-35(29-9-4-7-25-8-5-10-31(40)33(25)29)34(42)36(30)44-38(45-37)51-23-39-15-6-16-48(39)21-26(41)19-39/h4-5,7-10,20,24,26-28H,6,11-19,21-23H2,1-3H3/t26-,27+,28-,39+/m1/s1. The molecule has 4 aliphatic heterocycles. The van der Waals surface area contributed by atoms with Crippen LogP contribution >= 0.6 is 11.6 Å². The predicted octanol–water partition coefficient (Wildman–Crippen LogP) is 6.89. The van der Waals surface area contributed by atoms with E-state index < -0.39 is 17.5 Å². The van der Waals surface area contributed by atoms with Crippen molar-refractivity contribution in [3.05, 3.63) is 53.4 Å². The van der Waals surface area contributed by atoms with Crippen molar-refractivity contribution >= 4 is 45.0 Å². The highest BCUT2D eigenvalue weighted by atomic mass is 35.5. The van der Waals surface area contributed by atoms with Gasteiger partial charge in [-0.3, -0.25) is 19.6 Å². The van der Waals surface area contributed by atoms with E-state index in [0.29, 0.717) is 71.7 Å². The Morgan fingerprint density at radius 2 is 1.94 bits per heavy atom. The van der Waals surface area contributed by atoms with E-state index in [-0.39, 0.29) is 35.8 Å². The quantitative estimate of drug-likeness (QED) is 0.176. The number of hydrogen-bond donors (Lipinski definition) is 0. The summed E-state index contributed by atoms with van der Waals surface area (Å²) in [7, 11) is 1.93. The molecule has 4 atom stereocenters. The molecule has 4 fully saturated rings. The minimum atomic E-state index is -0.900. The van der Waals surface area contributed by atoms with Crippen LogP contribution in [0, 0.1) is 5.82 Å². The molecule has 4 aromatic rings. The number of nitrogens with zero attached hydrogens (tertiary/aromatic N) is 7. The molecule has 2 aromatic carbocycles. The number of likely N-dealkylation sites (tertiary alicyclic amines) is 2. The molecule has 0 radical (unpaired) electrons. The average Bonchev–Trinajstić information content (AvgIpc) is 3.81. The predicted molar refractivity (Wildman–Crippen MR) is 197 cm³/mol. The zero-order valence-electron chi connectivity index (χ0n) is 29.6. The van der Waals surface area contributed by atoms with Gasteiger partial charge in [-0.1, -0.05) is 41.9 Å².